The van der Waals surface area contributed by atoms with Gasteiger partial charge in [-0.2, -0.15) is 0 Å². The van der Waals surface area contributed by atoms with Gasteiger partial charge in [0.1, 0.15) is 0 Å². The summed E-state index contributed by atoms with van der Waals surface area (Å²) in [6.07, 6.45) is 8.42. The van der Waals surface area contributed by atoms with E-state index in [0.29, 0.717) is 12.5 Å². The van der Waals surface area contributed by atoms with Crippen LogP contribution in [0.15, 0.2) is 0 Å². The van der Waals surface area contributed by atoms with Crippen LogP contribution in [0.2, 0.25) is 0 Å². The largest absolute Gasteiger partial charge is 0.396 e. The average molecular weight is 154 g/mol. The Morgan fingerprint density at radius 2 is 1.55 bits per heavy atom. The van der Waals surface area contributed by atoms with Crippen LogP contribution in [0.5, 0.6) is 0 Å². The van der Waals surface area contributed by atoms with Gasteiger partial charge >= 0.3 is 0 Å². The van der Waals surface area contributed by atoms with E-state index in [2.05, 4.69) is 0 Å². The molecule has 1 unspecified atom stereocenters. The minimum absolute atomic E-state index is 0.438. The fourth-order valence-corrected chi connectivity index (χ4v) is 3.01. The van der Waals surface area contributed by atoms with Crippen LogP contribution in [0.25, 0.3) is 0 Å². The highest BCUT2D eigenvalue weighted by atomic mass is 16.3. The topological polar surface area (TPSA) is 20.2 Å². The predicted octanol–water partition coefficient (Wildman–Crippen LogP) is 2.20. The van der Waals surface area contributed by atoms with Gasteiger partial charge in [0.2, 0.25) is 0 Å². The van der Waals surface area contributed by atoms with Gasteiger partial charge in [-0.1, -0.05) is 25.7 Å². The molecule has 2 aliphatic rings. The summed E-state index contributed by atoms with van der Waals surface area (Å²) >= 11 is 0. The molecule has 3 atom stereocenters. The molecule has 0 aromatic carbocycles. The summed E-state index contributed by atoms with van der Waals surface area (Å²) in [7, 11) is 0. The molecule has 11 heavy (non-hydrogen) atoms. The van der Waals surface area contributed by atoms with Crippen LogP contribution in [0.1, 0.15) is 38.5 Å². The minimum Gasteiger partial charge on any atom is -0.396 e. The number of aliphatic hydroxyl groups excluding tert-OH is 1. The molecule has 2 fully saturated rings. The molecule has 0 saturated heterocycles. The summed E-state index contributed by atoms with van der Waals surface area (Å²) in [5, 5.41) is 9.01. The van der Waals surface area contributed by atoms with Gasteiger partial charge in [-0.05, 0) is 30.6 Å². The van der Waals surface area contributed by atoms with Crippen LogP contribution in [0.3, 0.4) is 0 Å². The Balaban J connectivity index is 1.92. The molecule has 0 aliphatic heterocycles. The molecule has 2 aliphatic carbocycles. The van der Waals surface area contributed by atoms with Gasteiger partial charge in [-0.25, -0.2) is 0 Å². The normalized spacial score (nSPS) is 43.9. The van der Waals surface area contributed by atoms with E-state index in [-0.39, 0.29) is 0 Å². The first-order valence-electron chi connectivity index (χ1n) is 5.01. The Labute approximate surface area is 68.8 Å². The van der Waals surface area contributed by atoms with E-state index in [1.165, 1.54) is 38.5 Å². The van der Waals surface area contributed by atoms with Crippen LogP contribution in [0, 0.1) is 17.8 Å². The van der Waals surface area contributed by atoms with Crippen LogP contribution < -0.4 is 0 Å². The summed E-state index contributed by atoms with van der Waals surface area (Å²) in [6.45, 7) is 0.438. The molecule has 1 nitrogen and oxygen atoms in total. The molecule has 0 aromatic rings. The molecule has 1 N–H and O–H groups in total. The van der Waals surface area contributed by atoms with Gasteiger partial charge in [-0.15, -0.1) is 0 Å². The summed E-state index contributed by atoms with van der Waals surface area (Å²) in [4.78, 5) is 0. The lowest BCUT2D eigenvalue weighted by Gasteiger charge is -2.24. The Morgan fingerprint density at radius 1 is 1.00 bits per heavy atom. The number of hydrogen-bond donors (Lipinski definition) is 1. The lowest BCUT2D eigenvalue weighted by atomic mass is 9.82. The van der Waals surface area contributed by atoms with E-state index < -0.39 is 0 Å². The van der Waals surface area contributed by atoms with Crippen molar-refractivity contribution >= 4 is 0 Å². The second kappa shape index (κ2) is 3.14. The molecule has 0 spiro atoms. The Kier molecular flexibility index (Phi) is 2.17. The quantitative estimate of drug-likeness (QED) is 0.614. The van der Waals surface area contributed by atoms with Crippen molar-refractivity contribution in [2.75, 3.05) is 6.61 Å². The second-order valence-electron chi connectivity index (χ2n) is 4.32. The zero-order valence-electron chi connectivity index (χ0n) is 7.13. The zero-order chi connectivity index (χ0) is 7.68. The summed E-state index contributed by atoms with van der Waals surface area (Å²) in [5.41, 5.74) is 0. The van der Waals surface area contributed by atoms with Gasteiger partial charge in [0.05, 0.1) is 0 Å². The molecule has 2 rings (SSSR count). The van der Waals surface area contributed by atoms with Gasteiger partial charge in [0.25, 0.3) is 0 Å². The first-order chi connectivity index (χ1) is 5.40. The standard InChI is InChI=1S/C10H18O/c11-7-8-5-9-3-1-2-4-10(9)6-8/h8-11H,1-7H2/t8?,9-,10+. The molecule has 0 radical (unpaired) electrons. The first-order valence-corrected chi connectivity index (χ1v) is 5.01. The fourth-order valence-electron chi connectivity index (χ4n) is 3.01. The Bertz CT molecular complexity index is 119. The van der Waals surface area contributed by atoms with Crippen molar-refractivity contribution in [3.05, 3.63) is 0 Å². The van der Waals surface area contributed by atoms with Crippen molar-refractivity contribution in [3.63, 3.8) is 0 Å². The van der Waals surface area contributed by atoms with E-state index in [1.807, 2.05) is 0 Å². The zero-order valence-corrected chi connectivity index (χ0v) is 7.13. The van der Waals surface area contributed by atoms with Crippen LogP contribution >= 0.6 is 0 Å². The number of aliphatic hydroxyl groups is 1. The minimum atomic E-state index is 0.438. The fraction of sp³-hybridized carbons (Fsp3) is 1.00. The van der Waals surface area contributed by atoms with Crippen LogP contribution in [-0.2, 0) is 0 Å². The monoisotopic (exact) mass is 154 g/mol. The van der Waals surface area contributed by atoms with E-state index in [0.717, 1.165) is 11.8 Å². The maximum absolute atomic E-state index is 9.01. The Hall–Kier alpha value is -0.0400. The number of rotatable bonds is 1. The van der Waals surface area contributed by atoms with Crippen molar-refractivity contribution < 1.29 is 5.11 Å². The Morgan fingerprint density at radius 3 is 2.00 bits per heavy atom. The third kappa shape index (κ3) is 1.44. The molecule has 64 valence electrons. The predicted molar refractivity (Wildman–Crippen MR) is 45.3 cm³/mol. The van der Waals surface area contributed by atoms with Crippen molar-refractivity contribution in [1.29, 1.82) is 0 Å². The highest BCUT2D eigenvalue weighted by molar-refractivity contribution is 4.85. The van der Waals surface area contributed by atoms with Crippen molar-refractivity contribution in [2.45, 2.75) is 38.5 Å². The van der Waals surface area contributed by atoms with E-state index >= 15 is 0 Å². The third-order valence-electron chi connectivity index (χ3n) is 3.60. The van der Waals surface area contributed by atoms with Crippen molar-refractivity contribution in [1.82, 2.24) is 0 Å². The smallest absolute Gasteiger partial charge is 0.0459 e. The van der Waals surface area contributed by atoms with E-state index in [9.17, 15) is 0 Å². The number of hydrogen-bond acceptors (Lipinski definition) is 1. The van der Waals surface area contributed by atoms with Crippen LogP contribution in [-0.4, -0.2) is 11.7 Å². The van der Waals surface area contributed by atoms with Gasteiger partial charge in [0, 0.05) is 6.61 Å². The maximum atomic E-state index is 9.01. The van der Waals surface area contributed by atoms with Gasteiger partial charge in [-0.3, -0.25) is 0 Å². The maximum Gasteiger partial charge on any atom is 0.0459 e. The first kappa shape index (κ1) is 7.60. The van der Waals surface area contributed by atoms with E-state index in [4.69, 9.17) is 5.11 Å². The second-order valence-corrected chi connectivity index (χ2v) is 4.32. The number of fused-ring (bicyclic) bond motifs is 1. The third-order valence-corrected chi connectivity index (χ3v) is 3.60. The lowest BCUT2D eigenvalue weighted by molar-refractivity contribution is 0.225. The highest BCUT2D eigenvalue weighted by Gasteiger charge is 2.34. The molecule has 1 heteroatoms. The summed E-state index contributed by atoms with van der Waals surface area (Å²) < 4.78 is 0. The van der Waals surface area contributed by atoms with Crippen molar-refractivity contribution in [2.24, 2.45) is 17.8 Å². The lowest BCUT2D eigenvalue weighted by Crippen LogP contribution is -2.12. The van der Waals surface area contributed by atoms with E-state index in [1.54, 1.807) is 0 Å². The average Bonchev–Trinajstić information content (AvgIpc) is 2.46. The SMILES string of the molecule is OCC1C[C@H]2CCCC[C@H]2C1. The van der Waals surface area contributed by atoms with Crippen LogP contribution in [0.4, 0.5) is 0 Å². The molecule has 0 aromatic heterocycles. The van der Waals surface area contributed by atoms with Gasteiger partial charge in [0.15, 0.2) is 0 Å². The molecule has 0 heterocycles. The molecule has 0 amide bonds. The summed E-state index contributed by atoms with van der Waals surface area (Å²) in [5.74, 6) is 2.63. The summed E-state index contributed by atoms with van der Waals surface area (Å²) in [6, 6.07) is 0. The van der Waals surface area contributed by atoms with Gasteiger partial charge < -0.3 is 5.11 Å². The molecular formula is C10H18O. The highest BCUT2D eigenvalue weighted by Crippen LogP contribution is 2.44. The molecule has 2 saturated carbocycles. The van der Waals surface area contributed by atoms with Crippen molar-refractivity contribution in [3.8, 4) is 0 Å². The molecular weight excluding hydrogens is 136 g/mol. The molecule has 0 bridgehead atoms.